The van der Waals surface area contributed by atoms with Gasteiger partial charge in [0, 0.05) is 17.8 Å². The maximum absolute atomic E-state index is 11.6. The third kappa shape index (κ3) is 9.20. The molecule has 6 heteroatoms. The molecule has 0 spiro atoms. The Morgan fingerprint density at radius 2 is 2.14 bits per heavy atom. The number of amides is 1. The van der Waals surface area contributed by atoms with Gasteiger partial charge in [0.25, 0.3) is 0 Å². The molecule has 3 N–H and O–H groups in total. The highest BCUT2D eigenvalue weighted by atomic mass is 32.1. The number of carbonyl (C=O) groups excluding carboxylic acids is 1. The molecule has 0 aliphatic rings. The van der Waals surface area contributed by atoms with E-state index in [-0.39, 0.29) is 12.3 Å². The summed E-state index contributed by atoms with van der Waals surface area (Å²) in [6.45, 7) is 3.75. The quantitative estimate of drug-likeness (QED) is 0.545. The van der Waals surface area contributed by atoms with Gasteiger partial charge in [-0.3, -0.25) is 9.59 Å². The standard InChI is InChI=1S/C15H24N2O3S/c1-12(4-5-15(19)20)6-8-16-11-14(18)17-9-7-13-3-2-10-21-13/h2-3,10,12,16H,4-9,11H2,1H3,(H,17,18)(H,19,20). The molecule has 0 fully saturated rings. The van der Waals surface area contributed by atoms with Crippen LogP contribution in [0.25, 0.3) is 0 Å². The van der Waals surface area contributed by atoms with E-state index < -0.39 is 5.97 Å². The Bertz CT molecular complexity index is 421. The summed E-state index contributed by atoms with van der Waals surface area (Å²) in [7, 11) is 0. The van der Waals surface area contributed by atoms with Crippen molar-refractivity contribution in [2.75, 3.05) is 19.6 Å². The van der Waals surface area contributed by atoms with Gasteiger partial charge in [0.1, 0.15) is 0 Å². The van der Waals surface area contributed by atoms with Crippen molar-refractivity contribution in [2.45, 2.75) is 32.6 Å². The molecule has 0 bridgehead atoms. The van der Waals surface area contributed by atoms with Gasteiger partial charge in [0.15, 0.2) is 0 Å². The van der Waals surface area contributed by atoms with Crippen LogP contribution in [0.1, 0.15) is 31.1 Å². The molecule has 0 aromatic carbocycles. The van der Waals surface area contributed by atoms with Crippen LogP contribution in [0.5, 0.6) is 0 Å². The number of hydrogen-bond donors (Lipinski definition) is 3. The van der Waals surface area contributed by atoms with Gasteiger partial charge >= 0.3 is 5.97 Å². The second-order valence-electron chi connectivity index (χ2n) is 5.18. The predicted octanol–water partition coefficient (Wildman–Crippen LogP) is 1.89. The van der Waals surface area contributed by atoms with Crippen molar-refractivity contribution in [1.29, 1.82) is 0 Å². The van der Waals surface area contributed by atoms with Crippen LogP contribution in [0.4, 0.5) is 0 Å². The molecule has 1 aromatic heterocycles. The molecule has 1 atom stereocenters. The summed E-state index contributed by atoms with van der Waals surface area (Å²) in [4.78, 5) is 23.3. The predicted molar refractivity (Wildman–Crippen MR) is 84.6 cm³/mol. The number of carboxylic acid groups (broad SMARTS) is 1. The van der Waals surface area contributed by atoms with Crippen LogP contribution in [0, 0.1) is 5.92 Å². The maximum atomic E-state index is 11.6. The number of thiophene rings is 1. The zero-order chi connectivity index (χ0) is 15.5. The summed E-state index contributed by atoms with van der Waals surface area (Å²) in [5.41, 5.74) is 0. The lowest BCUT2D eigenvalue weighted by atomic mass is 10.0. The summed E-state index contributed by atoms with van der Waals surface area (Å²) in [5.74, 6) is -0.389. The van der Waals surface area contributed by atoms with Crippen molar-refractivity contribution >= 4 is 23.2 Å². The maximum Gasteiger partial charge on any atom is 0.303 e. The van der Waals surface area contributed by atoms with Gasteiger partial charge in [0.2, 0.25) is 5.91 Å². The lowest BCUT2D eigenvalue weighted by Gasteiger charge is -2.10. The van der Waals surface area contributed by atoms with Gasteiger partial charge in [-0.05, 0) is 43.2 Å². The zero-order valence-corrected chi connectivity index (χ0v) is 13.2. The molecule has 1 amide bonds. The smallest absolute Gasteiger partial charge is 0.303 e. The van der Waals surface area contributed by atoms with Crippen molar-refractivity contribution in [1.82, 2.24) is 10.6 Å². The Labute approximate surface area is 129 Å². The van der Waals surface area contributed by atoms with E-state index in [1.165, 1.54) is 4.88 Å². The Balaban J connectivity index is 1.96. The molecule has 1 aromatic rings. The Morgan fingerprint density at radius 1 is 1.33 bits per heavy atom. The van der Waals surface area contributed by atoms with Crippen LogP contribution >= 0.6 is 11.3 Å². The molecule has 0 saturated carbocycles. The molecule has 21 heavy (non-hydrogen) atoms. The first-order valence-corrected chi connectivity index (χ1v) is 8.17. The third-order valence-electron chi connectivity index (χ3n) is 3.22. The average molecular weight is 312 g/mol. The van der Waals surface area contributed by atoms with E-state index in [0.29, 0.717) is 25.4 Å². The van der Waals surface area contributed by atoms with Crippen LogP contribution < -0.4 is 10.6 Å². The largest absolute Gasteiger partial charge is 0.481 e. The molecule has 1 rings (SSSR count). The highest BCUT2D eigenvalue weighted by Gasteiger charge is 2.06. The van der Waals surface area contributed by atoms with Gasteiger partial charge in [0.05, 0.1) is 6.54 Å². The second-order valence-corrected chi connectivity index (χ2v) is 6.21. The highest BCUT2D eigenvalue weighted by molar-refractivity contribution is 7.09. The molecule has 5 nitrogen and oxygen atoms in total. The van der Waals surface area contributed by atoms with E-state index in [4.69, 9.17) is 5.11 Å². The molecular formula is C15H24N2O3S. The van der Waals surface area contributed by atoms with E-state index >= 15 is 0 Å². The number of rotatable bonds is 11. The third-order valence-corrected chi connectivity index (χ3v) is 4.16. The lowest BCUT2D eigenvalue weighted by molar-refractivity contribution is -0.137. The van der Waals surface area contributed by atoms with E-state index in [2.05, 4.69) is 16.7 Å². The first kappa shape index (κ1) is 17.7. The fourth-order valence-corrected chi connectivity index (χ4v) is 2.62. The highest BCUT2D eigenvalue weighted by Crippen LogP contribution is 2.09. The van der Waals surface area contributed by atoms with E-state index in [0.717, 1.165) is 19.4 Å². The first-order chi connectivity index (χ1) is 10.1. The monoisotopic (exact) mass is 312 g/mol. The number of carboxylic acids is 1. The summed E-state index contributed by atoms with van der Waals surface area (Å²) in [5, 5.41) is 16.6. The minimum Gasteiger partial charge on any atom is -0.481 e. The minimum absolute atomic E-state index is 0.00439. The molecule has 1 heterocycles. The fraction of sp³-hybridized carbons (Fsp3) is 0.600. The van der Waals surface area contributed by atoms with E-state index in [1.807, 2.05) is 18.4 Å². The Kier molecular flexibility index (Phi) is 8.69. The van der Waals surface area contributed by atoms with Crippen molar-refractivity contribution in [3.63, 3.8) is 0 Å². The zero-order valence-electron chi connectivity index (χ0n) is 12.4. The van der Waals surface area contributed by atoms with Crippen LogP contribution in [-0.4, -0.2) is 36.6 Å². The second kappa shape index (κ2) is 10.3. The SMILES string of the molecule is CC(CCNCC(=O)NCCc1cccs1)CCC(=O)O. The van der Waals surface area contributed by atoms with Crippen molar-refractivity contribution in [2.24, 2.45) is 5.92 Å². The molecule has 0 aliphatic heterocycles. The number of nitrogens with one attached hydrogen (secondary N) is 2. The Hall–Kier alpha value is -1.40. The van der Waals surface area contributed by atoms with Crippen molar-refractivity contribution in [3.05, 3.63) is 22.4 Å². The Morgan fingerprint density at radius 3 is 2.81 bits per heavy atom. The summed E-state index contributed by atoms with van der Waals surface area (Å²) in [6, 6.07) is 4.07. The summed E-state index contributed by atoms with van der Waals surface area (Å²) >= 11 is 1.70. The van der Waals surface area contributed by atoms with E-state index in [1.54, 1.807) is 11.3 Å². The van der Waals surface area contributed by atoms with Gasteiger partial charge in [-0.15, -0.1) is 11.3 Å². The van der Waals surface area contributed by atoms with Gasteiger partial charge in [-0.2, -0.15) is 0 Å². The van der Waals surface area contributed by atoms with Gasteiger partial charge in [-0.25, -0.2) is 0 Å². The molecule has 1 unspecified atom stereocenters. The van der Waals surface area contributed by atoms with Gasteiger partial charge in [-0.1, -0.05) is 13.0 Å². The van der Waals surface area contributed by atoms with Crippen LogP contribution in [0.2, 0.25) is 0 Å². The normalized spacial score (nSPS) is 12.0. The first-order valence-electron chi connectivity index (χ1n) is 7.29. The van der Waals surface area contributed by atoms with Crippen LogP contribution in [0.15, 0.2) is 17.5 Å². The topological polar surface area (TPSA) is 78.4 Å². The molecule has 0 radical (unpaired) electrons. The molecular weight excluding hydrogens is 288 g/mol. The van der Waals surface area contributed by atoms with E-state index in [9.17, 15) is 9.59 Å². The molecule has 0 saturated heterocycles. The molecule has 118 valence electrons. The van der Waals surface area contributed by atoms with Crippen molar-refractivity contribution < 1.29 is 14.7 Å². The number of hydrogen-bond acceptors (Lipinski definition) is 4. The minimum atomic E-state index is -0.750. The van der Waals surface area contributed by atoms with Crippen LogP contribution in [-0.2, 0) is 16.0 Å². The van der Waals surface area contributed by atoms with Crippen LogP contribution in [0.3, 0.4) is 0 Å². The number of aliphatic carboxylic acids is 1. The van der Waals surface area contributed by atoms with Crippen molar-refractivity contribution in [3.8, 4) is 0 Å². The lowest BCUT2D eigenvalue weighted by Crippen LogP contribution is -2.35. The average Bonchev–Trinajstić information content (AvgIpc) is 2.94. The van der Waals surface area contributed by atoms with Gasteiger partial charge < -0.3 is 15.7 Å². The summed E-state index contributed by atoms with van der Waals surface area (Å²) < 4.78 is 0. The number of carbonyl (C=O) groups is 2. The summed E-state index contributed by atoms with van der Waals surface area (Å²) in [6.07, 6.45) is 2.65. The fourth-order valence-electron chi connectivity index (χ4n) is 1.91. The molecule has 0 aliphatic carbocycles.